The minimum atomic E-state index is -0.985. The summed E-state index contributed by atoms with van der Waals surface area (Å²) < 4.78 is 1.20. The fourth-order valence-corrected chi connectivity index (χ4v) is 1.41. The third-order valence-electron chi connectivity index (χ3n) is 2.42. The van der Waals surface area contributed by atoms with Gasteiger partial charge in [-0.05, 0) is 20.1 Å². The molecule has 0 aliphatic heterocycles. The van der Waals surface area contributed by atoms with E-state index in [0.29, 0.717) is 12.2 Å². The number of rotatable bonds is 6. The van der Waals surface area contributed by atoms with E-state index < -0.39 is 5.97 Å². The molecule has 1 aromatic heterocycles. The van der Waals surface area contributed by atoms with Gasteiger partial charge in [-0.3, -0.25) is 9.48 Å². The van der Waals surface area contributed by atoms with Gasteiger partial charge in [0.15, 0.2) is 0 Å². The Morgan fingerprint density at radius 1 is 1.53 bits per heavy atom. The molecular formula is C11H18N4O3S. The second-order valence-electron chi connectivity index (χ2n) is 4.59. The second kappa shape index (κ2) is 6.46. The Morgan fingerprint density at radius 2 is 2.21 bits per heavy atom. The van der Waals surface area contributed by atoms with Crippen LogP contribution in [0.4, 0.5) is 10.5 Å². The van der Waals surface area contributed by atoms with E-state index in [1.807, 2.05) is 20.1 Å². The number of nitrogens with zero attached hydrogens (tertiary/aromatic N) is 2. The molecule has 0 bridgehead atoms. The number of anilines is 1. The lowest BCUT2D eigenvalue weighted by Crippen LogP contribution is -2.38. The van der Waals surface area contributed by atoms with Crippen molar-refractivity contribution in [2.45, 2.75) is 25.1 Å². The summed E-state index contributed by atoms with van der Waals surface area (Å²) in [5.74, 6) is -0.985. The molecule has 1 heterocycles. The number of carbonyl (C=O) groups excluding carboxylic acids is 1. The SMILES string of the molecule is CSC(C)(C)CNC(=O)Nc1cnn(CC(=O)O)c1. The van der Waals surface area contributed by atoms with Crippen molar-refractivity contribution >= 4 is 29.4 Å². The highest BCUT2D eigenvalue weighted by Gasteiger charge is 2.17. The van der Waals surface area contributed by atoms with E-state index in [1.54, 1.807) is 11.8 Å². The Hall–Kier alpha value is -1.70. The zero-order valence-electron chi connectivity index (χ0n) is 11.1. The molecule has 7 nitrogen and oxygen atoms in total. The van der Waals surface area contributed by atoms with E-state index in [-0.39, 0.29) is 17.3 Å². The highest BCUT2D eigenvalue weighted by atomic mass is 32.2. The third-order valence-corrected chi connectivity index (χ3v) is 3.67. The van der Waals surface area contributed by atoms with Crippen LogP contribution in [0.1, 0.15) is 13.8 Å². The van der Waals surface area contributed by atoms with Gasteiger partial charge in [0.05, 0.1) is 11.9 Å². The number of carboxylic acid groups (broad SMARTS) is 1. The maximum absolute atomic E-state index is 11.6. The Morgan fingerprint density at radius 3 is 2.79 bits per heavy atom. The van der Waals surface area contributed by atoms with Gasteiger partial charge in [0.25, 0.3) is 0 Å². The first-order valence-corrected chi connectivity index (χ1v) is 6.89. The zero-order valence-corrected chi connectivity index (χ0v) is 12.0. The van der Waals surface area contributed by atoms with E-state index in [0.717, 1.165) is 0 Å². The summed E-state index contributed by atoms with van der Waals surface area (Å²) in [6, 6.07) is -0.336. The molecule has 0 saturated carbocycles. The predicted molar refractivity (Wildman–Crippen MR) is 74.5 cm³/mol. The smallest absolute Gasteiger partial charge is 0.325 e. The molecule has 0 unspecified atom stereocenters. The van der Waals surface area contributed by atoms with Crippen molar-refractivity contribution in [3.63, 3.8) is 0 Å². The molecule has 0 aliphatic rings. The van der Waals surface area contributed by atoms with E-state index >= 15 is 0 Å². The van der Waals surface area contributed by atoms with Crippen molar-refractivity contribution in [1.82, 2.24) is 15.1 Å². The minimum absolute atomic E-state index is 0.0369. The predicted octanol–water partition coefficient (Wildman–Crippen LogP) is 1.23. The first kappa shape index (κ1) is 15.4. The number of nitrogens with one attached hydrogen (secondary N) is 2. The number of aliphatic carboxylic acids is 1. The van der Waals surface area contributed by atoms with Gasteiger partial charge in [-0.2, -0.15) is 16.9 Å². The summed E-state index contributed by atoms with van der Waals surface area (Å²) in [5, 5.41) is 17.8. The maximum Gasteiger partial charge on any atom is 0.325 e. The highest BCUT2D eigenvalue weighted by Crippen LogP contribution is 2.19. The largest absolute Gasteiger partial charge is 0.480 e. The fraction of sp³-hybridized carbons (Fsp3) is 0.545. The van der Waals surface area contributed by atoms with Gasteiger partial charge >= 0.3 is 12.0 Å². The Kier molecular flexibility index (Phi) is 5.22. The molecule has 0 fully saturated rings. The lowest BCUT2D eigenvalue weighted by Gasteiger charge is -2.22. The van der Waals surface area contributed by atoms with Crippen LogP contribution in [-0.4, -0.2) is 44.4 Å². The van der Waals surface area contributed by atoms with Gasteiger partial charge in [-0.1, -0.05) is 0 Å². The van der Waals surface area contributed by atoms with E-state index in [4.69, 9.17) is 5.11 Å². The van der Waals surface area contributed by atoms with Crippen molar-refractivity contribution in [2.24, 2.45) is 0 Å². The van der Waals surface area contributed by atoms with Crippen LogP contribution in [-0.2, 0) is 11.3 Å². The first-order chi connectivity index (χ1) is 8.82. The number of hydrogen-bond donors (Lipinski definition) is 3. The molecule has 0 aromatic carbocycles. The number of hydrogen-bond acceptors (Lipinski definition) is 4. The summed E-state index contributed by atoms with van der Waals surface area (Å²) in [6.07, 6.45) is 4.85. The highest BCUT2D eigenvalue weighted by molar-refractivity contribution is 7.99. The van der Waals surface area contributed by atoms with Crippen molar-refractivity contribution in [3.8, 4) is 0 Å². The first-order valence-electron chi connectivity index (χ1n) is 5.66. The molecule has 19 heavy (non-hydrogen) atoms. The van der Waals surface area contributed by atoms with Gasteiger partial charge in [-0.15, -0.1) is 0 Å². The zero-order chi connectivity index (χ0) is 14.5. The summed E-state index contributed by atoms with van der Waals surface area (Å²) in [7, 11) is 0. The summed E-state index contributed by atoms with van der Waals surface area (Å²) in [5.41, 5.74) is 0.459. The summed E-state index contributed by atoms with van der Waals surface area (Å²) in [6.45, 7) is 4.36. The molecule has 0 spiro atoms. The van der Waals surface area contributed by atoms with E-state index in [2.05, 4.69) is 15.7 Å². The van der Waals surface area contributed by atoms with Crippen LogP contribution in [0.5, 0.6) is 0 Å². The molecule has 1 rings (SSSR count). The molecule has 3 N–H and O–H groups in total. The standard InChI is InChI=1S/C11H18N4O3S/c1-11(2,19-3)7-12-10(18)14-8-4-13-15(5-8)6-9(16)17/h4-5H,6-7H2,1-3H3,(H,16,17)(H2,12,14,18). The molecule has 0 aliphatic carbocycles. The van der Waals surface area contributed by atoms with Crippen LogP contribution in [0.2, 0.25) is 0 Å². The Bertz CT molecular complexity index is 459. The number of carbonyl (C=O) groups is 2. The summed E-state index contributed by atoms with van der Waals surface area (Å²) >= 11 is 1.66. The van der Waals surface area contributed by atoms with Crippen LogP contribution >= 0.6 is 11.8 Å². The molecule has 106 valence electrons. The van der Waals surface area contributed by atoms with Crippen LogP contribution in [0.15, 0.2) is 12.4 Å². The van der Waals surface area contributed by atoms with Crippen molar-refractivity contribution in [3.05, 3.63) is 12.4 Å². The molecule has 0 atom stereocenters. The van der Waals surface area contributed by atoms with Crippen molar-refractivity contribution in [2.75, 3.05) is 18.1 Å². The molecule has 2 amide bonds. The van der Waals surface area contributed by atoms with Crippen LogP contribution in [0.3, 0.4) is 0 Å². The van der Waals surface area contributed by atoms with Gasteiger partial charge in [0, 0.05) is 17.5 Å². The molecule has 0 saturated heterocycles. The lowest BCUT2D eigenvalue weighted by molar-refractivity contribution is -0.137. The van der Waals surface area contributed by atoms with Gasteiger partial charge in [0.2, 0.25) is 0 Å². The van der Waals surface area contributed by atoms with Crippen molar-refractivity contribution < 1.29 is 14.7 Å². The number of thioether (sulfide) groups is 1. The van der Waals surface area contributed by atoms with Gasteiger partial charge in [0.1, 0.15) is 6.54 Å². The number of urea groups is 1. The van der Waals surface area contributed by atoms with Gasteiger partial charge in [-0.25, -0.2) is 4.79 Å². The maximum atomic E-state index is 11.6. The van der Waals surface area contributed by atoms with E-state index in [1.165, 1.54) is 17.1 Å². The lowest BCUT2D eigenvalue weighted by atomic mass is 10.2. The van der Waals surface area contributed by atoms with Crippen LogP contribution < -0.4 is 10.6 Å². The monoisotopic (exact) mass is 286 g/mol. The van der Waals surface area contributed by atoms with Crippen LogP contribution in [0.25, 0.3) is 0 Å². The number of carboxylic acids is 1. The van der Waals surface area contributed by atoms with Crippen molar-refractivity contribution in [1.29, 1.82) is 0 Å². The Labute approximate surface area is 115 Å². The molecule has 0 radical (unpaired) electrons. The molecule has 8 heteroatoms. The number of aromatic nitrogens is 2. The van der Waals surface area contributed by atoms with E-state index in [9.17, 15) is 9.59 Å². The third kappa shape index (κ3) is 5.64. The summed E-state index contributed by atoms with van der Waals surface area (Å²) in [4.78, 5) is 22.1. The minimum Gasteiger partial charge on any atom is -0.480 e. The number of amides is 2. The topological polar surface area (TPSA) is 96.3 Å². The van der Waals surface area contributed by atoms with Crippen LogP contribution in [0, 0.1) is 0 Å². The average molecular weight is 286 g/mol. The average Bonchev–Trinajstić information content (AvgIpc) is 2.73. The quantitative estimate of drug-likeness (QED) is 0.731. The van der Waals surface area contributed by atoms with Gasteiger partial charge < -0.3 is 15.7 Å². The second-order valence-corrected chi connectivity index (χ2v) is 6.11. The fourth-order valence-electron chi connectivity index (χ4n) is 1.19. The molecule has 1 aromatic rings. The normalized spacial score (nSPS) is 11.1. The molecular weight excluding hydrogens is 268 g/mol. The Balaban J connectivity index is 2.44.